The Morgan fingerprint density at radius 1 is 1.04 bits per heavy atom. The highest BCUT2D eigenvalue weighted by molar-refractivity contribution is 6.30. The molecule has 1 amide bonds. The second-order valence-electron chi connectivity index (χ2n) is 6.69. The van der Waals surface area contributed by atoms with Crippen LogP contribution in [-0.4, -0.2) is 53.1 Å². The summed E-state index contributed by atoms with van der Waals surface area (Å²) in [5.74, 6) is -0.0681. The number of H-pyrrole nitrogens is 1. The summed E-state index contributed by atoms with van der Waals surface area (Å²) in [5.41, 5.74) is 3.26. The van der Waals surface area contributed by atoms with Gasteiger partial charge in [-0.2, -0.15) is 5.10 Å². The molecular weight excluding hydrogens is 360 g/mol. The van der Waals surface area contributed by atoms with Gasteiger partial charge < -0.3 is 9.80 Å². The smallest absolute Gasteiger partial charge is 0.272 e. The molecule has 0 aliphatic rings. The van der Waals surface area contributed by atoms with Crippen LogP contribution in [0.4, 0.5) is 0 Å². The molecule has 5 nitrogen and oxygen atoms in total. The van der Waals surface area contributed by atoms with Crippen LogP contribution < -0.4 is 0 Å². The maximum atomic E-state index is 13.1. The van der Waals surface area contributed by atoms with Crippen LogP contribution in [0.5, 0.6) is 0 Å². The summed E-state index contributed by atoms with van der Waals surface area (Å²) in [6.45, 7) is 1.91. The average molecular weight is 383 g/mol. The number of likely N-dealkylation sites (N-methyl/N-ethyl adjacent to an activating group) is 1. The molecule has 6 heteroatoms. The second-order valence-corrected chi connectivity index (χ2v) is 7.13. The van der Waals surface area contributed by atoms with E-state index in [0.717, 1.165) is 23.4 Å². The summed E-state index contributed by atoms with van der Waals surface area (Å²) < 4.78 is 0. The number of benzene rings is 2. The van der Waals surface area contributed by atoms with Crippen molar-refractivity contribution >= 4 is 17.5 Å². The van der Waals surface area contributed by atoms with Gasteiger partial charge in [-0.05, 0) is 37.9 Å². The molecule has 2 aromatic carbocycles. The predicted molar refractivity (Wildman–Crippen MR) is 109 cm³/mol. The van der Waals surface area contributed by atoms with Gasteiger partial charge in [0.2, 0.25) is 0 Å². The van der Waals surface area contributed by atoms with Crippen LogP contribution in [0.1, 0.15) is 16.1 Å². The number of hydrogen-bond acceptors (Lipinski definition) is 3. The van der Waals surface area contributed by atoms with Gasteiger partial charge in [0.15, 0.2) is 0 Å². The van der Waals surface area contributed by atoms with Crippen LogP contribution in [0.15, 0.2) is 60.7 Å². The first-order chi connectivity index (χ1) is 13.0. The SMILES string of the molecule is CN(C)CCN(Cc1ccc(Cl)cc1)C(=O)c1cc(-c2ccccc2)n[nH]1. The minimum absolute atomic E-state index is 0.0681. The van der Waals surface area contributed by atoms with Crippen molar-refractivity contribution in [2.24, 2.45) is 0 Å². The topological polar surface area (TPSA) is 52.2 Å². The maximum absolute atomic E-state index is 13.1. The molecule has 0 bridgehead atoms. The maximum Gasteiger partial charge on any atom is 0.272 e. The number of aromatic nitrogens is 2. The fourth-order valence-electron chi connectivity index (χ4n) is 2.74. The Hall–Kier alpha value is -2.63. The summed E-state index contributed by atoms with van der Waals surface area (Å²) in [5, 5.41) is 7.88. The molecule has 0 aliphatic heterocycles. The number of halogens is 1. The Balaban J connectivity index is 1.79. The quantitative estimate of drug-likeness (QED) is 0.673. The number of nitrogens with zero attached hydrogens (tertiary/aromatic N) is 3. The van der Waals surface area contributed by atoms with E-state index in [1.165, 1.54) is 0 Å². The molecule has 1 heterocycles. The molecule has 0 spiro atoms. The number of carbonyl (C=O) groups is 1. The van der Waals surface area contributed by atoms with Gasteiger partial charge in [0, 0.05) is 30.2 Å². The minimum atomic E-state index is -0.0681. The zero-order valence-corrected chi connectivity index (χ0v) is 16.3. The molecule has 3 aromatic rings. The van der Waals surface area contributed by atoms with Crippen molar-refractivity contribution in [3.8, 4) is 11.3 Å². The number of amides is 1. The highest BCUT2D eigenvalue weighted by Gasteiger charge is 2.19. The summed E-state index contributed by atoms with van der Waals surface area (Å²) in [6.07, 6.45) is 0. The molecule has 27 heavy (non-hydrogen) atoms. The van der Waals surface area contributed by atoms with Crippen molar-refractivity contribution < 1.29 is 4.79 Å². The number of carbonyl (C=O) groups excluding carboxylic acids is 1. The second kappa shape index (κ2) is 8.84. The minimum Gasteiger partial charge on any atom is -0.332 e. The lowest BCUT2D eigenvalue weighted by Gasteiger charge is -2.24. The van der Waals surface area contributed by atoms with E-state index in [9.17, 15) is 4.79 Å². The predicted octanol–water partition coefficient (Wildman–Crippen LogP) is 3.93. The van der Waals surface area contributed by atoms with Crippen molar-refractivity contribution in [3.05, 3.63) is 76.9 Å². The molecule has 3 rings (SSSR count). The van der Waals surface area contributed by atoms with Crippen molar-refractivity contribution in [2.75, 3.05) is 27.2 Å². The molecule has 0 saturated carbocycles. The third-order valence-electron chi connectivity index (χ3n) is 4.27. The van der Waals surface area contributed by atoms with Gasteiger partial charge in [-0.15, -0.1) is 0 Å². The molecule has 0 radical (unpaired) electrons. The van der Waals surface area contributed by atoms with E-state index in [4.69, 9.17) is 11.6 Å². The first kappa shape index (κ1) is 19.1. The zero-order chi connectivity index (χ0) is 19.2. The number of aromatic amines is 1. The Labute approximate surface area is 164 Å². The first-order valence-corrected chi connectivity index (χ1v) is 9.20. The summed E-state index contributed by atoms with van der Waals surface area (Å²) >= 11 is 5.97. The van der Waals surface area contributed by atoms with Crippen LogP contribution in [0.2, 0.25) is 5.02 Å². The molecule has 0 atom stereocenters. The van der Waals surface area contributed by atoms with Gasteiger partial charge in [-0.1, -0.05) is 54.1 Å². The molecule has 140 valence electrons. The number of rotatable bonds is 7. The highest BCUT2D eigenvalue weighted by Crippen LogP contribution is 2.19. The summed E-state index contributed by atoms with van der Waals surface area (Å²) in [4.78, 5) is 17.0. The van der Waals surface area contributed by atoms with Crippen LogP contribution in [-0.2, 0) is 6.54 Å². The average Bonchev–Trinajstić information content (AvgIpc) is 3.17. The van der Waals surface area contributed by atoms with E-state index < -0.39 is 0 Å². The van der Waals surface area contributed by atoms with Crippen LogP contribution >= 0.6 is 11.6 Å². The summed E-state index contributed by atoms with van der Waals surface area (Å²) in [7, 11) is 3.99. The van der Waals surface area contributed by atoms with E-state index >= 15 is 0 Å². The van der Waals surface area contributed by atoms with Crippen molar-refractivity contribution in [2.45, 2.75) is 6.54 Å². The van der Waals surface area contributed by atoms with E-state index in [1.54, 1.807) is 0 Å². The van der Waals surface area contributed by atoms with E-state index in [2.05, 4.69) is 15.1 Å². The van der Waals surface area contributed by atoms with Gasteiger partial charge >= 0.3 is 0 Å². The number of hydrogen-bond donors (Lipinski definition) is 1. The van der Waals surface area contributed by atoms with Crippen LogP contribution in [0.25, 0.3) is 11.3 Å². The number of nitrogens with one attached hydrogen (secondary N) is 1. The van der Waals surface area contributed by atoms with Crippen molar-refractivity contribution in [3.63, 3.8) is 0 Å². The third kappa shape index (κ3) is 5.18. The van der Waals surface area contributed by atoms with Crippen molar-refractivity contribution in [1.82, 2.24) is 20.0 Å². The molecule has 0 aliphatic carbocycles. The fourth-order valence-corrected chi connectivity index (χ4v) is 2.87. The molecule has 0 unspecified atom stereocenters. The van der Waals surface area contributed by atoms with Crippen LogP contribution in [0.3, 0.4) is 0 Å². The normalized spacial score (nSPS) is 11.0. The van der Waals surface area contributed by atoms with Crippen LogP contribution in [0, 0.1) is 0 Å². The Morgan fingerprint density at radius 3 is 2.41 bits per heavy atom. The standard InChI is InChI=1S/C21H23ClN4O/c1-25(2)12-13-26(15-16-8-10-18(22)11-9-16)21(27)20-14-19(23-24-20)17-6-4-3-5-7-17/h3-11,14H,12-13,15H2,1-2H3,(H,23,24). The van der Waals surface area contributed by atoms with E-state index in [0.29, 0.717) is 23.8 Å². The molecule has 0 saturated heterocycles. The molecule has 1 N–H and O–H groups in total. The third-order valence-corrected chi connectivity index (χ3v) is 4.52. The highest BCUT2D eigenvalue weighted by atomic mass is 35.5. The monoisotopic (exact) mass is 382 g/mol. The summed E-state index contributed by atoms with van der Waals surface area (Å²) in [6, 6.07) is 19.2. The van der Waals surface area contributed by atoms with E-state index in [1.807, 2.05) is 79.7 Å². The fraction of sp³-hybridized carbons (Fsp3) is 0.238. The van der Waals surface area contributed by atoms with Crippen molar-refractivity contribution in [1.29, 1.82) is 0 Å². The van der Waals surface area contributed by atoms with Gasteiger partial charge in [-0.25, -0.2) is 0 Å². The van der Waals surface area contributed by atoms with Gasteiger partial charge in [0.05, 0.1) is 5.69 Å². The lowest BCUT2D eigenvalue weighted by Crippen LogP contribution is -2.36. The zero-order valence-electron chi connectivity index (χ0n) is 15.5. The molecule has 1 aromatic heterocycles. The van der Waals surface area contributed by atoms with Gasteiger partial charge in [-0.3, -0.25) is 9.89 Å². The Morgan fingerprint density at radius 2 is 1.74 bits per heavy atom. The first-order valence-electron chi connectivity index (χ1n) is 8.82. The van der Waals surface area contributed by atoms with Gasteiger partial charge in [0.1, 0.15) is 5.69 Å². The molecular formula is C21H23ClN4O. The Bertz CT molecular complexity index is 875. The molecule has 0 fully saturated rings. The largest absolute Gasteiger partial charge is 0.332 e. The van der Waals surface area contributed by atoms with Gasteiger partial charge in [0.25, 0.3) is 5.91 Å². The Kier molecular flexibility index (Phi) is 6.27. The lowest BCUT2D eigenvalue weighted by atomic mass is 10.1. The van der Waals surface area contributed by atoms with E-state index in [-0.39, 0.29) is 5.91 Å². The lowest BCUT2D eigenvalue weighted by molar-refractivity contribution is 0.0726.